The van der Waals surface area contributed by atoms with Crippen molar-refractivity contribution in [3.63, 3.8) is 0 Å². The predicted molar refractivity (Wildman–Crippen MR) is 80.2 cm³/mol. The van der Waals surface area contributed by atoms with Crippen LogP contribution < -0.4 is 11.3 Å². The predicted octanol–water partition coefficient (Wildman–Crippen LogP) is 2.84. The molecule has 1 aromatic carbocycles. The maximum atomic E-state index is 5.85. The van der Waals surface area contributed by atoms with Gasteiger partial charge < -0.3 is 4.74 Å². The Kier molecular flexibility index (Phi) is 4.13. The Hall–Kier alpha value is -0.940. The number of benzene rings is 1. The maximum absolute atomic E-state index is 5.85. The van der Waals surface area contributed by atoms with Crippen LogP contribution in [0.15, 0.2) is 29.6 Å². The molecular weight excluding hydrogens is 256 g/mol. The second kappa shape index (κ2) is 6.01. The summed E-state index contributed by atoms with van der Waals surface area (Å²) in [7, 11) is 0. The van der Waals surface area contributed by atoms with Crippen molar-refractivity contribution < 1.29 is 4.74 Å². The van der Waals surface area contributed by atoms with Crippen molar-refractivity contribution in [3.05, 3.63) is 35.2 Å². The molecule has 0 spiro atoms. The van der Waals surface area contributed by atoms with Crippen LogP contribution in [-0.2, 0) is 11.2 Å². The van der Waals surface area contributed by atoms with Crippen LogP contribution in [0, 0.1) is 0 Å². The van der Waals surface area contributed by atoms with Gasteiger partial charge in [0, 0.05) is 11.3 Å². The van der Waals surface area contributed by atoms with Gasteiger partial charge in [0.05, 0.1) is 12.1 Å². The Balaban J connectivity index is 1.78. The van der Waals surface area contributed by atoms with E-state index in [9.17, 15) is 0 Å². The molecule has 4 heteroatoms. The van der Waals surface area contributed by atoms with Crippen LogP contribution in [0.4, 0.5) is 0 Å². The van der Waals surface area contributed by atoms with Gasteiger partial charge in [0.2, 0.25) is 0 Å². The van der Waals surface area contributed by atoms with Crippen molar-refractivity contribution in [2.45, 2.75) is 37.8 Å². The van der Waals surface area contributed by atoms with Gasteiger partial charge in [0.15, 0.2) is 0 Å². The van der Waals surface area contributed by atoms with Crippen molar-refractivity contribution in [2.75, 3.05) is 6.61 Å². The molecule has 1 saturated heterocycles. The van der Waals surface area contributed by atoms with E-state index in [1.54, 1.807) is 11.3 Å². The van der Waals surface area contributed by atoms with Gasteiger partial charge in [-0.1, -0.05) is 18.2 Å². The van der Waals surface area contributed by atoms with Crippen LogP contribution in [0.3, 0.4) is 0 Å². The van der Waals surface area contributed by atoms with Crippen LogP contribution in [0.25, 0.3) is 10.1 Å². The van der Waals surface area contributed by atoms with Crippen LogP contribution >= 0.6 is 11.3 Å². The van der Waals surface area contributed by atoms with Crippen molar-refractivity contribution in [1.29, 1.82) is 0 Å². The summed E-state index contributed by atoms with van der Waals surface area (Å²) in [4.78, 5) is 0. The summed E-state index contributed by atoms with van der Waals surface area (Å²) in [5, 5.41) is 3.60. The molecule has 102 valence electrons. The molecule has 1 aromatic heterocycles. The number of hydrogen-bond acceptors (Lipinski definition) is 4. The van der Waals surface area contributed by atoms with Crippen molar-refractivity contribution >= 4 is 21.4 Å². The van der Waals surface area contributed by atoms with Gasteiger partial charge in [-0.15, -0.1) is 11.3 Å². The van der Waals surface area contributed by atoms with Crippen molar-refractivity contribution in [2.24, 2.45) is 5.84 Å². The van der Waals surface area contributed by atoms with E-state index < -0.39 is 0 Å². The van der Waals surface area contributed by atoms with Crippen molar-refractivity contribution in [1.82, 2.24) is 5.43 Å². The highest BCUT2D eigenvalue weighted by atomic mass is 32.1. The monoisotopic (exact) mass is 276 g/mol. The highest BCUT2D eigenvalue weighted by molar-refractivity contribution is 7.17. The molecular formula is C15H20N2OS. The average Bonchev–Trinajstić information content (AvgIpc) is 2.89. The molecule has 1 aliphatic heterocycles. The Bertz CT molecular complexity index is 534. The topological polar surface area (TPSA) is 47.3 Å². The van der Waals surface area contributed by atoms with E-state index in [2.05, 4.69) is 35.1 Å². The van der Waals surface area contributed by atoms with Gasteiger partial charge in [-0.3, -0.25) is 11.3 Å². The van der Waals surface area contributed by atoms with E-state index in [0.29, 0.717) is 0 Å². The van der Waals surface area contributed by atoms with E-state index in [-0.39, 0.29) is 12.1 Å². The summed E-state index contributed by atoms with van der Waals surface area (Å²) >= 11 is 1.80. The second-order valence-electron chi connectivity index (χ2n) is 5.14. The van der Waals surface area contributed by atoms with E-state index in [1.807, 2.05) is 0 Å². The van der Waals surface area contributed by atoms with Gasteiger partial charge >= 0.3 is 0 Å². The molecule has 19 heavy (non-hydrogen) atoms. The maximum Gasteiger partial charge on any atom is 0.0744 e. The molecule has 2 aromatic rings. The minimum absolute atomic E-state index is 0.207. The molecule has 0 saturated carbocycles. The molecule has 1 aliphatic rings. The minimum atomic E-state index is 0.207. The lowest BCUT2D eigenvalue weighted by molar-refractivity contribution is -0.00736. The fourth-order valence-electron chi connectivity index (χ4n) is 2.81. The molecule has 2 heterocycles. The van der Waals surface area contributed by atoms with Crippen LogP contribution in [0.1, 0.15) is 24.8 Å². The molecule has 2 atom stereocenters. The van der Waals surface area contributed by atoms with E-state index in [0.717, 1.165) is 19.4 Å². The van der Waals surface area contributed by atoms with Gasteiger partial charge in [-0.05, 0) is 48.1 Å². The number of hydrogen-bond donors (Lipinski definition) is 2. The van der Waals surface area contributed by atoms with Gasteiger partial charge in [0.1, 0.15) is 0 Å². The summed E-state index contributed by atoms with van der Waals surface area (Å²) in [5.41, 5.74) is 4.33. The smallest absolute Gasteiger partial charge is 0.0744 e. The first kappa shape index (κ1) is 13.1. The van der Waals surface area contributed by atoms with E-state index in [4.69, 9.17) is 10.6 Å². The second-order valence-corrected chi connectivity index (χ2v) is 6.05. The zero-order valence-electron chi connectivity index (χ0n) is 11.0. The largest absolute Gasteiger partial charge is 0.377 e. The number of thiophene rings is 1. The SMILES string of the molecule is NNC(Cc1csc2ccccc12)C1CCCCO1. The first-order valence-electron chi connectivity index (χ1n) is 6.91. The first-order valence-corrected chi connectivity index (χ1v) is 7.79. The third-order valence-electron chi connectivity index (χ3n) is 3.88. The highest BCUT2D eigenvalue weighted by Crippen LogP contribution is 2.28. The third kappa shape index (κ3) is 2.82. The van der Waals surface area contributed by atoms with Crippen LogP contribution in [0.5, 0.6) is 0 Å². The van der Waals surface area contributed by atoms with Crippen LogP contribution in [-0.4, -0.2) is 18.8 Å². The summed E-state index contributed by atoms with van der Waals surface area (Å²) in [5.74, 6) is 5.74. The summed E-state index contributed by atoms with van der Waals surface area (Å²) in [6, 6.07) is 8.76. The van der Waals surface area contributed by atoms with Crippen molar-refractivity contribution in [3.8, 4) is 0 Å². The lowest BCUT2D eigenvalue weighted by Crippen LogP contribution is -2.47. The molecule has 1 fully saturated rings. The molecule has 0 aliphatic carbocycles. The Morgan fingerprint density at radius 3 is 3.05 bits per heavy atom. The van der Waals surface area contributed by atoms with Gasteiger partial charge in [-0.25, -0.2) is 0 Å². The lowest BCUT2D eigenvalue weighted by Gasteiger charge is -2.30. The fraction of sp³-hybridized carbons (Fsp3) is 0.467. The Labute approximate surface area is 117 Å². The summed E-state index contributed by atoms with van der Waals surface area (Å²) in [6.45, 7) is 0.868. The molecule has 0 radical (unpaired) electrons. The number of nitrogens with two attached hydrogens (primary N) is 1. The van der Waals surface area contributed by atoms with E-state index in [1.165, 1.54) is 28.5 Å². The summed E-state index contributed by atoms with van der Waals surface area (Å²) < 4.78 is 7.20. The number of rotatable bonds is 4. The average molecular weight is 276 g/mol. The zero-order valence-corrected chi connectivity index (χ0v) is 11.8. The fourth-order valence-corrected chi connectivity index (χ4v) is 3.78. The Morgan fingerprint density at radius 1 is 1.37 bits per heavy atom. The molecule has 0 amide bonds. The molecule has 3 rings (SSSR count). The zero-order chi connectivity index (χ0) is 13.1. The van der Waals surface area contributed by atoms with Crippen LogP contribution in [0.2, 0.25) is 0 Å². The number of fused-ring (bicyclic) bond motifs is 1. The number of nitrogens with one attached hydrogen (secondary N) is 1. The van der Waals surface area contributed by atoms with Gasteiger partial charge in [0.25, 0.3) is 0 Å². The number of ether oxygens (including phenoxy) is 1. The standard InChI is InChI=1S/C15H20N2OS/c16-17-13(14-6-3-4-8-18-14)9-11-10-19-15-7-2-1-5-12(11)15/h1-2,5,7,10,13-14,17H,3-4,6,8-9,16H2. The van der Waals surface area contributed by atoms with Gasteiger partial charge in [-0.2, -0.15) is 0 Å². The lowest BCUT2D eigenvalue weighted by atomic mass is 9.96. The van der Waals surface area contributed by atoms with E-state index >= 15 is 0 Å². The first-order chi connectivity index (χ1) is 9.38. The molecule has 2 unspecified atom stereocenters. The number of hydrazine groups is 1. The summed E-state index contributed by atoms with van der Waals surface area (Å²) in [6.07, 6.45) is 4.71. The molecule has 3 nitrogen and oxygen atoms in total. The Morgan fingerprint density at radius 2 is 2.26 bits per heavy atom. The normalized spacial score (nSPS) is 21.6. The highest BCUT2D eigenvalue weighted by Gasteiger charge is 2.24. The minimum Gasteiger partial charge on any atom is -0.377 e. The molecule has 3 N–H and O–H groups in total. The molecule has 0 bridgehead atoms. The third-order valence-corrected chi connectivity index (χ3v) is 4.89. The quantitative estimate of drug-likeness (QED) is 0.667.